The Balaban J connectivity index is 0.000001000. The first-order chi connectivity index (χ1) is 4.68. The van der Waals surface area contributed by atoms with Crippen molar-refractivity contribution in [1.82, 2.24) is 5.27 Å². The van der Waals surface area contributed by atoms with E-state index in [0.29, 0.717) is 0 Å². The van der Waals surface area contributed by atoms with Gasteiger partial charge in [0.1, 0.15) is 0 Å². The third-order valence-corrected chi connectivity index (χ3v) is 0.808. The molecule has 0 spiro atoms. The molecule has 0 aliphatic carbocycles. The van der Waals surface area contributed by atoms with Crippen molar-refractivity contribution in [3.05, 3.63) is 11.8 Å². The van der Waals surface area contributed by atoms with Crippen LogP contribution in [0.3, 0.4) is 0 Å². The van der Waals surface area contributed by atoms with E-state index in [9.17, 15) is 4.79 Å². The Bertz CT molecular complexity index is 291. The summed E-state index contributed by atoms with van der Waals surface area (Å²) in [5.74, 6) is -1.02. The van der Waals surface area contributed by atoms with Gasteiger partial charge in [-0.1, -0.05) is 0 Å². The average molecular weight is 180 g/mol. The van der Waals surface area contributed by atoms with Crippen molar-refractivity contribution < 1.29 is 19.1 Å². The highest BCUT2D eigenvalue weighted by Crippen LogP contribution is 1.61. The van der Waals surface area contributed by atoms with Crippen LogP contribution in [0, 0.1) is 5.41 Å². The van der Waals surface area contributed by atoms with E-state index in [-0.39, 0.29) is 24.5 Å². The molecule has 1 aromatic heterocycles. The molecule has 62 valence electrons. The Morgan fingerprint density at radius 2 is 2.55 bits per heavy atom. The van der Waals surface area contributed by atoms with Crippen molar-refractivity contribution >= 4 is 18.4 Å². The number of aromatic nitrogens is 2. The van der Waals surface area contributed by atoms with E-state index in [1.807, 2.05) is 0 Å². The molecule has 7 heteroatoms. The Morgan fingerprint density at radius 1 is 1.91 bits per heavy atom. The van der Waals surface area contributed by atoms with E-state index >= 15 is 0 Å². The summed E-state index contributed by atoms with van der Waals surface area (Å²) in [6, 6.07) is 0. The number of hydrogen-bond donors (Lipinski definition) is 2. The third kappa shape index (κ3) is 2.85. The van der Waals surface area contributed by atoms with Gasteiger partial charge in [-0.3, -0.25) is 10.7 Å². The van der Waals surface area contributed by atoms with E-state index in [1.54, 1.807) is 0 Å². The average Bonchev–Trinajstić information content (AvgIpc) is 2.13. The zero-order valence-electron chi connectivity index (χ0n) is 5.35. The maximum Gasteiger partial charge on any atom is 0.369 e. The minimum atomic E-state index is -1.02. The minimum Gasteiger partial charge on any atom is -0.487 e. The molecule has 0 saturated heterocycles. The second-order valence-corrected chi connectivity index (χ2v) is 1.66. The molecule has 6 nitrogen and oxygen atoms in total. The van der Waals surface area contributed by atoms with Crippen LogP contribution in [0.4, 0.5) is 0 Å². The van der Waals surface area contributed by atoms with Crippen LogP contribution in [0.5, 0.6) is 0 Å². The molecule has 1 rings (SSSR count). The van der Waals surface area contributed by atoms with Gasteiger partial charge in [-0.05, 0) is 0 Å². The summed E-state index contributed by atoms with van der Waals surface area (Å²) in [5.41, 5.74) is -0.152. The molecule has 1 aromatic rings. The van der Waals surface area contributed by atoms with Crippen LogP contribution in [-0.4, -0.2) is 11.1 Å². The molecule has 0 radical (unpaired) electrons. The molecule has 1 heterocycles. The highest BCUT2D eigenvalue weighted by atomic mass is 35.5. The van der Waals surface area contributed by atoms with Crippen molar-refractivity contribution in [3.63, 3.8) is 0 Å². The van der Waals surface area contributed by atoms with E-state index in [1.165, 1.54) is 6.20 Å². The van der Waals surface area contributed by atoms with Crippen LogP contribution >= 0.6 is 12.4 Å². The van der Waals surface area contributed by atoms with Gasteiger partial charge >= 0.3 is 5.97 Å². The topological polar surface area (TPSA) is 92.3 Å². The van der Waals surface area contributed by atoms with E-state index in [4.69, 9.17) is 10.5 Å². The van der Waals surface area contributed by atoms with Crippen LogP contribution in [0.2, 0.25) is 0 Å². The molecule has 0 bridgehead atoms. The number of aliphatic carboxylic acids is 1. The van der Waals surface area contributed by atoms with Crippen LogP contribution in [0.1, 0.15) is 0 Å². The van der Waals surface area contributed by atoms with E-state index < -0.39 is 5.97 Å². The molecule has 0 atom stereocenters. The van der Waals surface area contributed by atoms with Gasteiger partial charge in [0.05, 0.1) is 0 Å². The number of nitrogens with one attached hydrogen (secondary N) is 1. The van der Waals surface area contributed by atoms with E-state index in [2.05, 4.69) is 9.79 Å². The zero-order chi connectivity index (χ0) is 7.56. The number of hydrogen-bond acceptors (Lipinski definition) is 3. The molecular formula is C4H6ClN3O3. The smallest absolute Gasteiger partial charge is 0.369 e. The summed E-state index contributed by atoms with van der Waals surface area (Å²) in [6.07, 6.45) is 1.19. The predicted octanol–water partition coefficient (Wildman–Crippen LogP) is -1.49. The van der Waals surface area contributed by atoms with Crippen molar-refractivity contribution in [3.8, 4) is 0 Å². The second-order valence-electron chi connectivity index (χ2n) is 1.66. The van der Waals surface area contributed by atoms with Gasteiger partial charge in [-0.2, -0.15) is 0 Å². The second kappa shape index (κ2) is 3.77. The normalized spacial score (nSPS) is 8.73. The molecule has 0 fully saturated rings. The van der Waals surface area contributed by atoms with Crippen molar-refractivity contribution in [2.24, 2.45) is 0 Å². The van der Waals surface area contributed by atoms with Crippen LogP contribution in [-0.2, 0) is 11.3 Å². The third-order valence-electron chi connectivity index (χ3n) is 0.808. The lowest BCUT2D eigenvalue weighted by atomic mass is 10.7. The molecular weight excluding hydrogens is 174 g/mol. The molecule has 0 aliphatic rings. The Kier molecular flexibility index (Phi) is 3.32. The highest BCUT2D eigenvalue weighted by molar-refractivity contribution is 5.85. The van der Waals surface area contributed by atoms with Crippen LogP contribution in [0.25, 0.3) is 0 Å². The molecule has 2 N–H and O–H groups in total. The number of carboxylic acids is 1. The lowest BCUT2D eigenvalue weighted by Gasteiger charge is -1.88. The Hall–Kier alpha value is -1.30. The SMILES string of the molecule is Cl.N=c1c[n+](CC(=O)O)[n-]o1. The number of halogens is 1. The van der Waals surface area contributed by atoms with Gasteiger partial charge in [0, 0.05) is 0 Å². The van der Waals surface area contributed by atoms with Crippen molar-refractivity contribution in [2.75, 3.05) is 0 Å². The number of rotatable bonds is 2. The summed E-state index contributed by atoms with van der Waals surface area (Å²) in [5, 5.41) is 18.3. The first-order valence-corrected chi connectivity index (χ1v) is 2.48. The molecule has 0 aromatic carbocycles. The van der Waals surface area contributed by atoms with Crippen LogP contribution < -0.4 is 15.5 Å². The van der Waals surface area contributed by atoms with Gasteiger partial charge < -0.3 is 9.63 Å². The van der Waals surface area contributed by atoms with Gasteiger partial charge in [0.2, 0.25) is 12.7 Å². The zero-order valence-corrected chi connectivity index (χ0v) is 6.17. The quantitative estimate of drug-likeness (QED) is 0.541. The molecule has 0 amide bonds. The van der Waals surface area contributed by atoms with Gasteiger partial charge in [0.25, 0.3) is 5.55 Å². The summed E-state index contributed by atoms with van der Waals surface area (Å²) in [6.45, 7) is -0.275. The molecule has 0 aliphatic heterocycles. The number of carbonyl (C=O) groups is 1. The Morgan fingerprint density at radius 3 is 2.91 bits per heavy atom. The molecule has 0 unspecified atom stereocenters. The summed E-state index contributed by atoms with van der Waals surface area (Å²) in [4.78, 5) is 10.0. The van der Waals surface area contributed by atoms with Gasteiger partial charge in [0.15, 0.2) is 0 Å². The fraction of sp³-hybridized carbons (Fsp3) is 0.250. The first-order valence-electron chi connectivity index (χ1n) is 2.48. The highest BCUT2D eigenvalue weighted by Gasteiger charge is 2.02. The standard InChI is InChI=1S/C4H5N3O3.ClH/c5-3-1-7(6-10-3)2-4(8)9;/h1,5H,2H2,(H,8,9);1H. The first kappa shape index (κ1) is 9.70. The fourth-order valence-electron chi connectivity index (χ4n) is 0.492. The lowest BCUT2D eigenvalue weighted by molar-refractivity contribution is -0.757. The van der Waals surface area contributed by atoms with Gasteiger partial charge in [-0.15, -0.1) is 12.4 Å². The maximum atomic E-state index is 10.0. The van der Waals surface area contributed by atoms with Gasteiger partial charge in [-0.25, -0.2) is 9.48 Å². The number of nitrogens with zero attached hydrogens (tertiary/aromatic N) is 2. The fourth-order valence-corrected chi connectivity index (χ4v) is 0.492. The van der Waals surface area contributed by atoms with E-state index in [0.717, 1.165) is 4.68 Å². The monoisotopic (exact) mass is 179 g/mol. The minimum absolute atomic E-state index is 0. The molecule has 11 heavy (non-hydrogen) atoms. The number of carboxylic acid groups (broad SMARTS) is 1. The largest absolute Gasteiger partial charge is 0.487 e. The van der Waals surface area contributed by atoms with Crippen LogP contribution in [0.15, 0.2) is 10.7 Å². The summed E-state index contributed by atoms with van der Waals surface area (Å²) < 4.78 is 5.31. The lowest BCUT2D eigenvalue weighted by Crippen LogP contribution is -2.40. The van der Waals surface area contributed by atoms with Crippen molar-refractivity contribution in [1.29, 1.82) is 5.41 Å². The van der Waals surface area contributed by atoms with Crippen molar-refractivity contribution in [2.45, 2.75) is 6.54 Å². The summed E-state index contributed by atoms with van der Waals surface area (Å²) in [7, 11) is 0. The maximum absolute atomic E-state index is 10.0. The predicted molar refractivity (Wildman–Crippen MR) is 33.0 cm³/mol. The molecule has 0 saturated carbocycles. The summed E-state index contributed by atoms with van der Waals surface area (Å²) >= 11 is 0. The Labute approximate surface area is 67.3 Å².